The maximum absolute atomic E-state index is 13.2. The number of ether oxygens (including phenoxy) is 10. The Hall–Kier alpha value is -11.3. The fourth-order valence-electron chi connectivity index (χ4n) is 16.7. The lowest BCUT2D eigenvalue weighted by Gasteiger charge is -2.37. The fraction of sp³-hybridized carbons (Fsp3) is 0.441. The molecule has 10 aromatic rings. The van der Waals surface area contributed by atoms with Crippen molar-refractivity contribution in [3.63, 3.8) is 0 Å². The zero-order chi connectivity index (χ0) is 99.8. The van der Waals surface area contributed by atoms with Gasteiger partial charge < -0.3 is 64.5 Å². The first-order chi connectivity index (χ1) is 68.5. The van der Waals surface area contributed by atoms with E-state index in [4.69, 9.17) is 64.5 Å². The summed E-state index contributed by atoms with van der Waals surface area (Å²) in [6.07, 6.45) is 45.6. The first-order valence-electron chi connectivity index (χ1n) is 52.1. The third kappa shape index (κ3) is 44.0. The number of esters is 6. The Morgan fingerprint density at radius 1 is 0.184 bits per heavy atom. The summed E-state index contributed by atoms with van der Waals surface area (Å²) in [4.78, 5) is 78.6. The van der Waals surface area contributed by atoms with Crippen LogP contribution in [0.15, 0.2) is 243 Å². The third-order valence-corrected chi connectivity index (χ3v) is 34.0. The summed E-state index contributed by atoms with van der Waals surface area (Å²) in [5, 5.41) is 0. The van der Waals surface area contributed by atoms with E-state index >= 15 is 0 Å². The van der Waals surface area contributed by atoms with Crippen molar-refractivity contribution >= 4 is 61.5 Å². The molecular weight excluding hydrogens is 1820 g/mol. The number of benzene rings is 10. The minimum Gasteiger partial charge on any atom is -0.494 e. The van der Waals surface area contributed by atoms with Gasteiger partial charge in [0.25, 0.3) is 0 Å². The second-order valence-corrected chi connectivity index (χ2v) is 48.4. The number of unbranched alkanes of at least 4 members (excludes halogenated alkanes) is 34. The second-order valence-electron chi connectivity index (χ2n) is 37.8. The van der Waals surface area contributed by atoms with E-state index < -0.39 is 61.5 Å². The molecule has 0 amide bonds. The molecule has 0 atom stereocenters. The molecule has 0 saturated carbocycles. The lowest BCUT2D eigenvalue weighted by Crippen LogP contribution is -2.54. The van der Waals surface area contributed by atoms with Gasteiger partial charge in [-0.15, -0.1) is 0 Å². The molecule has 756 valence electrons. The maximum Gasteiger partial charge on any atom is 0.343 e. The zero-order valence-electron chi connectivity index (χ0n) is 84.9. The van der Waals surface area contributed by atoms with Gasteiger partial charge in [-0.1, -0.05) is 268 Å². The number of carbonyl (C=O) groups is 6. The van der Waals surface area contributed by atoms with Crippen molar-refractivity contribution in [2.45, 2.75) is 297 Å². The van der Waals surface area contributed by atoms with E-state index in [1.807, 2.05) is 36.4 Å². The minimum atomic E-state index is -2.51. The van der Waals surface area contributed by atoms with Crippen molar-refractivity contribution in [2.75, 3.05) is 39.6 Å². The lowest BCUT2D eigenvalue weighted by molar-refractivity contribution is 0.0720. The van der Waals surface area contributed by atoms with Gasteiger partial charge in [0.2, 0.25) is 0 Å². The molecule has 0 unspecified atom stereocenters. The molecule has 0 fully saturated rings. The highest BCUT2D eigenvalue weighted by Gasteiger charge is 2.42. The van der Waals surface area contributed by atoms with E-state index in [1.165, 1.54) is 154 Å². The molecule has 0 saturated heterocycles. The molecule has 23 heteroatoms. The van der Waals surface area contributed by atoms with Crippen molar-refractivity contribution in [2.24, 2.45) is 0 Å². The Morgan fingerprint density at radius 3 is 0.589 bits per heavy atom. The second kappa shape index (κ2) is 62.9. The van der Waals surface area contributed by atoms with Gasteiger partial charge in [0.1, 0.15) is 57.5 Å². The molecule has 20 nitrogen and oxygen atoms in total. The van der Waals surface area contributed by atoms with Crippen molar-refractivity contribution in [3.8, 4) is 79.7 Å². The molecule has 141 heavy (non-hydrogen) atoms. The molecule has 10 aromatic carbocycles. The van der Waals surface area contributed by atoms with E-state index in [0.29, 0.717) is 119 Å². The van der Waals surface area contributed by atoms with Crippen LogP contribution in [0.25, 0.3) is 22.3 Å². The normalized spacial score (nSPS) is 11.5. The van der Waals surface area contributed by atoms with Crippen LogP contribution < -0.4 is 47.4 Å². The van der Waals surface area contributed by atoms with Crippen LogP contribution in [0.5, 0.6) is 57.5 Å². The Morgan fingerprint density at radius 2 is 0.369 bits per heavy atom. The van der Waals surface area contributed by atoms with Crippen LogP contribution in [0.3, 0.4) is 0 Å². The number of hydrogen-bond donors (Lipinski definition) is 0. The summed E-state index contributed by atoms with van der Waals surface area (Å²) < 4.78 is 84.2. The highest BCUT2D eigenvalue weighted by molar-refractivity contribution is 6.84. The van der Waals surface area contributed by atoms with Gasteiger partial charge in [-0.25, -0.2) is 28.8 Å². The van der Waals surface area contributed by atoms with Gasteiger partial charge in [-0.2, -0.15) is 0 Å². The molecule has 0 radical (unpaired) electrons. The van der Waals surface area contributed by atoms with Crippen LogP contribution in [0.2, 0.25) is 39.3 Å². The topological polar surface area (TPSA) is 232 Å². The first kappa shape index (κ1) is 112. The monoisotopic (exact) mass is 1970 g/mol. The molecule has 0 aliphatic rings. The molecule has 0 spiro atoms. The quantitative estimate of drug-likeness (QED) is 0.0149. The molecule has 0 aliphatic heterocycles. The Balaban J connectivity index is 0.483. The average molecular weight is 1970 g/mol. The standard InChI is InChI=1S/C118H152O20Si3/c1-9-11-13-15-17-19-23-29-35-41-85-125-105-73-61-97(62-74-105)115(121)133-109-81-65-99(66-82-109)117(123)135-111-51-47-49-101(91-111)93-53-77-107(78-54-93)131-113(119)95-57-69-103(70-58-95)127-87-43-37-31-25-21-27-33-39-45-89-129-139(3,4)137-141(7,8)138-140(5,6)130-90-46-40-34-28-22-26-32-38-44-88-128-104-71-59-96(60-72-104)114(120)132-108-79-55-94(56-80-108)102-50-48-52-112(92-102)136-118(124)100-67-83-110(84-68-100)134-116(122)98-63-75-106(76-64-98)126-86-42-36-30-24-20-18-16-14-12-10-2/h47-84,91-92H,9-46,85-90H2,1-8H3. The van der Waals surface area contributed by atoms with Crippen LogP contribution in [0.1, 0.15) is 320 Å². The van der Waals surface area contributed by atoms with E-state index in [9.17, 15) is 28.8 Å². The summed E-state index contributed by atoms with van der Waals surface area (Å²) in [6, 6.07) is 69.0. The van der Waals surface area contributed by atoms with Crippen molar-refractivity contribution < 1.29 is 93.2 Å². The summed E-state index contributed by atoms with van der Waals surface area (Å²) in [7, 11) is -7.32. The highest BCUT2D eigenvalue weighted by atomic mass is 28.5. The largest absolute Gasteiger partial charge is 0.494 e. The molecule has 0 bridgehead atoms. The fourth-order valence-corrected chi connectivity index (χ4v) is 28.4. The number of rotatable bonds is 70. The van der Waals surface area contributed by atoms with Crippen molar-refractivity contribution in [3.05, 3.63) is 276 Å². The predicted molar refractivity (Wildman–Crippen MR) is 567 cm³/mol. The summed E-state index contributed by atoms with van der Waals surface area (Å²) in [6.45, 7) is 21.1. The van der Waals surface area contributed by atoms with Crippen LogP contribution >= 0.6 is 0 Å². The van der Waals surface area contributed by atoms with Crippen LogP contribution in [-0.2, 0) is 17.1 Å². The van der Waals surface area contributed by atoms with Crippen molar-refractivity contribution in [1.82, 2.24) is 0 Å². The lowest BCUT2D eigenvalue weighted by atomic mass is 10.1. The molecule has 10 rings (SSSR count). The van der Waals surface area contributed by atoms with Gasteiger partial charge >= 0.3 is 61.5 Å². The molecular formula is C118H152O20Si3. The van der Waals surface area contributed by atoms with Crippen molar-refractivity contribution in [1.29, 1.82) is 0 Å². The smallest absolute Gasteiger partial charge is 0.343 e. The summed E-state index contributed by atoms with van der Waals surface area (Å²) in [5.74, 6) is 1.78. The van der Waals surface area contributed by atoms with Gasteiger partial charge in [0, 0.05) is 13.2 Å². The first-order valence-corrected chi connectivity index (χ1v) is 60.5. The predicted octanol–water partition coefficient (Wildman–Crippen LogP) is 31.6. The third-order valence-electron chi connectivity index (χ3n) is 24.4. The number of carbonyl (C=O) groups excluding carboxylic acids is 6. The average Bonchev–Trinajstić information content (AvgIpc) is 0.840. The molecule has 0 heterocycles. The highest BCUT2D eigenvalue weighted by Crippen LogP contribution is 2.33. The van der Waals surface area contributed by atoms with Gasteiger partial charge in [-0.05, 0) is 294 Å². The summed E-state index contributed by atoms with van der Waals surface area (Å²) >= 11 is 0. The van der Waals surface area contributed by atoms with Gasteiger partial charge in [-0.3, -0.25) is 0 Å². The minimum absolute atomic E-state index is 0.289. The number of hydrogen-bond acceptors (Lipinski definition) is 20. The molecule has 0 aliphatic carbocycles. The van der Waals surface area contributed by atoms with Gasteiger partial charge in [0.15, 0.2) is 0 Å². The van der Waals surface area contributed by atoms with E-state index in [0.717, 1.165) is 112 Å². The van der Waals surface area contributed by atoms with E-state index in [1.54, 1.807) is 206 Å². The Kier molecular flexibility index (Phi) is 49.8. The van der Waals surface area contributed by atoms with E-state index in [-0.39, 0.29) is 11.1 Å². The van der Waals surface area contributed by atoms with E-state index in [2.05, 4.69) is 53.1 Å². The zero-order valence-corrected chi connectivity index (χ0v) is 87.9. The van der Waals surface area contributed by atoms with Crippen LogP contribution in [-0.4, -0.2) is 101 Å². The van der Waals surface area contributed by atoms with Crippen LogP contribution in [0, 0.1) is 0 Å². The maximum atomic E-state index is 13.2. The van der Waals surface area contributed by atoms with Gasteiger partial charge in [0.05, 0.1) is 59.8 Å². The Bertz CT molecular complexity index is 4950. The molecule has 0 aromatic heterocycles. The SMILES string of the molecule is CCCCCCCCCCCCOc1ccc(C(=O)Oc2ccc(C(=O)Oc3cccc(-c4ccc(OC(=O)c5ccc(OCCCCCCCCCCCO[Si](C)(C)O[Si](C)(C)O[Si](C)(C)OCCCCCCCCCCCOc6ccc(C(=O)Oc7ccc(-c8cccc(OC(=O)c9ccc(OC(=O)c%10ccc(OCCCCCCCCCCCC)cc%10)cc9)c8)cc7)cc6)cc5)cc4)c3)cc2)cc1. The summed E-state index contributed by atoms with van der Waals surface area (Å²) in [5.41, 5.74) is 5.44. The van der Waals surface area contributed by atoms with Crippen LogP contribution in [0.4, 0.5) is 0 Å². The Labute approximate surface area is 842 Å². The molecule has 0 N–H and O–H groups in total.